The Morgan fingerprint density at radius 2 is 1.96 bits per heavy atom. The number of nitrogens with one attached hydrogen (secondary N) is 2. The van der Waals surface area contributed by atoms with Crippen LogP contribution in [0.15, 0.2) is 0 Å². The van der Waals surface area contributed by atoms with Crippen LogP contribution in [0.3, 0.4) is 0 Å². The normalized spacial score (nSPS) is 33.8. The van der Waals surface area contributed by atoms with Crippen LogP contribution >= 0.6 is 0 Å². The largest absolute Gasteiger partial charge is 0.388 e. The first-order valence-corrected chi connectivity index (χ1v) is 9.44. The van der Waals surface area contributed by atoms with Crippen LogP contribution in [0, 0.1) is 0 Å². The van der Waals surface area contributed by atoms with Gasteiger partial charge in [-0.15, -0.1) is 0 Å². The summed E-state index contributed by atoms with van der Waals surface area (Å²) in [7, 11) is 0. The Morgan fingerprint density at radius 3 is 2.65 bits per heavy atom. The molecule has 148 valence electrons. The quantitative estimate of drug-likeness (QED) is 0.566. The van der Waals surface area contributed by atoms with Crippen molar-refractivity contribution in [2.45, 2.75) is 56.7 Å². The maximum Gasteiger partial charge on any atom is 0.314 e. The van der Waals surface area contributed by atoms with Crippen LogP contribution in [0.5, 0.6) is 0 Å². The number of rotatable bonds is 6. The van der Waals surface area contributed by atoms with Crippen molar-refractivity contribution in [1.82, 2.24) is 15.5 Å². The van der Waals surface area contributed by atoms with E-state index in [1.807, 2.05) is 6.92 Å². The monoisotopic (exact) mass is 371 g/mol. The van der Waals surface area contributed by atoms with Gasteiger partial charge in [-0.1, -0.05) is 6.92 Å². The van der Waals surface area contributed by atoms with Crippen molar-refractivity contribution >= 4 is 11.9 Å². The highest BCUT2D eigenvalue weighted by molar-refractivity contribution is 5.76. The zero-order valence-electron chi connectivity index (χ0n) is 15.2. The summed E-state index contributed by atoms with van der Waals surface area (Å²) in [4.78, 5) is 25.7. The lowest BCUT2D eigenvalue weighted by atomic mass is 10.1. The molecule has 0 aromatic heterocycles. The van der Waals surface area contributed by atoms with Gasteiger partial charge in [-0.3, -0.25) is 4.79 Å². The molecule has 3 saturated heterocycles. The SMILES string of the molecule is CCCNC(=O)NC[C@H]1O[C@@H]2C[C@@H](CC(=O)N3CCOCC3)O[C@@H]2[C@@H]1O. The lowest BCUT2D eigenvalue weighted by Crippen LogP contribution is -2.44. The number of hydrogen-bond donors (Lipinski definition) is 3. The number of amides is 3. The predicted molar refractivity (Wildman–Crippen MR) is 91.7 cm³/mol. The van der Waals surface area contributed by atoms with Crippen molar-refractivity contribution in [2.24, 2.45) is 0 Å². The van der Waals surface area contributed by atoms with Crippen molar-refractivity contribution in [3.05, 3.63) is 0 Å². The summed E-state index contributed by atoms with van der Waals surface area (Å²) in [5.74, 6) is 0.0542. The van der Waals surface area contributed by atoms with Gasteiger partial charge in [-0.2, -0.15) is 0 Å². The number of aliphatic hydroxyl groups is 1. The predicted octanol–water partition coefficient (Wildman–Crippen LogP) is -0.770. The Hall–Kier alpha value is -1.42. The van der Waals surface area contributed by atoms with Gasteiger partial charge in [-0.25, -0.2) is 4.79 Å². The summed E-state index contributed by atoms with van der Waals surface area (Å²) < 4.78 is 17.0. The molecule has 5 atom stereocenters. The summed E-state index contributed by atoms with van der Waals surface area (Å²) in [5.41, 5.74) is 0. The molecule has 9 nitrogen and oxygen atoms in total. The summed E-state index contributed by atoms with van der Waals surface area (Å²) in [6.45, 7) is 5.19. The fourth-order valence-corrected chi connectivity index (χ4v) is 3.64. The summed E-state index contributed by atoms with van der Waals surface area (Å²) >= 11 is 0. The van der Waals surface area contributed by atoms with E-state index in [1.54, 1.807) is 4.90 Å². The molecule has 3 N–H and O–H groups in total. The van der Waals surface area contributed by atoms with Crippen molar-refractivity contribution in [3.8, 4) is 0 Å². The molecule has 3 heterocycles. The molecule has 0 saturated carbocycles. The zero-order valence-corrected chi connectivity index (χ0v) is 15.2. The third-order valence-electron chi connectivity index (χ3n) is 5.04. The average Bonchev–Trinajstić information content (AvgIpc) is 3.17. The molecule has 3 fully saturated rings. The highest BCUT2D eigenvalue weighted by Crippen LogP contribution is 2.35. The Kier molecular flexibility index (Phi) is 6.68. The maximum atomic E-state index is 12.3. The van der Waals surface area contributed by atoms with Crippen LogP contribution in [0.25, 0.3) is 0 Å². The van der Waals surface area contributed by atoms with E-state index in [9.17, 15) is 14.7 Å². The number of ether oxygens (including phenoxy) is 3. The Balaban J connectivity index is 1.41. The number of morpholine rings is 1. The standard InChI is InChI=1S/C17H29N3O6/c1-2-3-18-17(23)19-10-13-15(22)16-12(26-13)8-11(25-16)9-14(21)20-4-6-24-7-5-20/h11-13,15-16,22H,2-10H2,1H3,(H2,18,19,23)/t11-,12+,13+,15+,16-/m0/s1. The van der Waals surface area contributed by atoms with Gasteiger partial charge in [0.05, 0.1) is 31.8 Å². The van der Waals surface area contributed by atoms with Gasteiger partial charge >= 0.3 is 6.03 Å². The van der Waals surface area contributed by atoms with Crippen LogP contribution in [0.4, 0.5) is 4.79 Å². The van der Waals surface area contributed by atoms with Gasteiger partial charge in [0.2, 0.25) is 5.91 Å². The van der Waals surface area contributed by atoms with Gasteiger partial charge in [0.25, 0.3) is 0 Å². The molecule has 0 radical (unpaired) electrons. The van der Waals surface area contributed by atoms with E-state index in [-0.39, 0.29) is 30.7 Å². The summed E-state index contributed by atoms with van der Waals surface area (Å²) in [5, 5.41) is 15.8. The van der Waals surface area contributed by atoms with E-state index >= 15 is 0 Å². The molecule has 0 spiro atoms. The molecule has 3 aliphatic rings. The molecule has 9 heteroatoms. The number of nitrogens with zero attached hydrogens (tertiary/aromatic N) is 1. The lowest BCUT2D eigenvalue weighted by molar-refractivity contribution is -0.138. The van der Waals surface area contributed by atoms with Crippen LogP contribution in [-0.2, 0) is 19.0 Å². The first-order valence-electron chi connectivity index (χ1n) is 9.44. The Labute approximate surface area is 153 Å². The number of carbonyl (C=O) groups is 2. The minimum absolute atomic E-state index is 0.0542. The van der Waals surface area contributed by atoms with Crippen LogP contribution < -0.4 is 10.6 Å². The van der Waals surface area contributed by atoms with Crippen molar-refractivity contribution in [2.75, 3.05) is 39.4 Å². The van der Waals surface area contributed by atoms with E-state index in [1.165, 1.54) is 0 Å². The Morgan fingerprint density at radius 1 is 1.19 bits per heavy atom. The fraction of sp³-hybridized carbons (Fsp3) is 0.882. The number of urea groups is 1. The van der Waals surface area contributed by atoms with Crippen LogP contribution in [0.2, 0.25) is 0 Å². The molecule has 3 aliphatic heterocycles. The summed E-state index contributed by atoms with van der Waals surface area (Å²) in [6.07, 6.45) is -0.485. The van der Waals surface area contributed by atoms with E-state index in [0.29, 0.717) is 45.7 Å². The molecule has 26 heavy (non-hydrogen) atoms. The van der Waals surface area contributed by atoms with Crippen LogP contribution in [0.1, 0.15) is 26.2 Å². The molecule has 3 rings (SSSR count). The topological polar surface area (TPSA) is 109 Å². The second-order valence-corrected chi connectivity index (χ2v) is 7.00. The average molecular weight is 371 g/mol. The van der Waals surface area contributed by atoms with E-state index in [4.69, 9.17) is 14.2 Å². The lowest BCUT2D eigenvalue weighted by Gasteiger charge is -2.28. The van der Waals surface area contributed by atoms with Crippen molar-refractivity contribution < 1.29 is 28.9 Å². The molecule has 0 unspecified atom stereocenters. The van der Waals surface area contributed by atoms with Gasteiger partial charge in [0, 0.05) is 32.6 Å². The molecular formula is C17H29N3O6. The third kappa shape index (κ3) is 4.64. The van der Waals surface area contributed by atoms with E-state index in [0.717, 1.165) is 6.42 Å². The van der Waals surface area contributed by atoms with Crippen molar-refractivity contribution in [3.63, 3.8) is 0 Å². The van der Waals surface area contributed by atoms with Crippen molar-refractivity contribution in [1.29, 1.82) is 0 Å². The molecule has 0 aromatic rings. The molecule has 3 amide bonds. The zero-order chi connectivity index (χ0) is 18.5. The fourth-order valence-electron chi connectivity index (χ4n) is 3.64. The second-order valence-electron chi connectivity index (χ2n) is 7.00. The number of aliphatic hydroxyl groups excluding tert-OH is 1. The van der Waals surface area contributed by atoms with Gasteiger partial charge in [-0.05, 0) is 6.42 Å². The first-order chi connectivity index (χ1) is 12.6. The molecule has 0 aliphatic carbocycles. The van der Waals surface area contributed by atoms with Gasteiger partial charge in [0.15, 0.2) is 0 Å². The highest BCUT2D eigenvalue weighted by atomic mass is 16.6. The number of hydrogen-bond acceptors (Lipinski definition) is 6. The number of carbonyl (C=O) groups excluding carboxylic acids is 2. The minimum atomic E-state index is -0.810. The minimum Gasteiger partial charge on any atom is -0.388 e. The summed E-state index contributed by atoms with van der Waals surface area (Å²) in [6, 6.07) is -0.269. The van der Waals surface area contributed by atoms with Gasteiger partial charge in [0.1, 0.15) is 18.3 Å². The molecule has 0 aromatic carbocycles. The second kappa shape index (κ2) is 8.98. The first kappa shape index (κ1) is 19.3. The molecular weight excluding hydrogens is 342 g/mol. The molecule has 0 bridgehead atoms. The third-order valence-corrected chi connectivity index (χ3v) is 5.04. The number of fused-ring (bicyclic) bond motifs is 1. The Bertz CT molecular complexity index is 499. The maximum absolute atomic E-state index is 12.3. The van der Waals surface area contributed by atoms with E-state index in [2.05, 4.69) is 10.6 Å². The van der Waals surface area contributed by atoms with E-state index < -0.39 is 18.3 Å². The smallest absolute Gasteiger partial charge is 0.314 e. The van der Waals surface area contributed by atoms with Gasteiger partial charge < -0.3 is 34.9 Å². The highest BCUT2D eigenvalue weighted by Gasteiger charge is 2.50. The van der Waals surface area contributed by atoms with Crippen LogP contribution in [-0.4, -0.2) is 91.9 Å².